The molecule has 2 unspecified atom stereocenters. The molecule has 0 bridgehead atoms. The van der Waals surface area contributed by atoms with Crippen LogP contribution in [-0.2, 0) is 21.4 Å². The summed E-state index contributed by atoms with van der Waals surface area (Å²) in [6.45, 7) is 4.49. The second-order valence-corrected chi connectivity index (χ2v) is 7.32. The standard InChI is InChI=1S/C16H22N4O5S/c1-8-10-6-11(26-14(10)20(4)19-8)13(22)17-9(2)12(21)18-16(3,7-25-5)15(23)24/h6,9H,7H2,1-5H3,(H,17,22)(H,18,21)(H,23,24). The molecule has 0 aliphatic heterocycles. The minimum Gasteiger partial charge on any atom is -0.479 e. The van der Waals surface area contributed by atoms with Crippen LogP contribution in [0, 0.1) is 6.92 Å². The highest BCUT2D eigenvalue weighted by Crippen LogP contribution is 2.27. The van der Waals surface area contributed by atoms with Crippen LogP contribution in [0.5, 0.6) is 0 Å². The van der Waals surface area contributed by atoms with Crippen molar-refractivity contribution in [2.24, 2.45) is 7.05 Å². The molecule has 0 aliphatic rings. The van der Waals surface area contributed by atoms with E-state index in [2.05, 4.69) is 15.7 Å². The van der Waals surface area contributed by atoms with Crippen LogP contribution < -0.4 is 10.6 Å². The summed E-state index contributed by atoms with van der Waals surface area (Å²) in [6.07, 6.45) is 0. The first-order valence-corrected chi connectivity index (χ1v) is 8.69. The van der Waals surface area contributed by atoms with E-state index in [0.29, 0.717) is 4.88 Å². The van der Waals surface area contributed by atoms with Gasteiger partial charge in [-0.1, -0.05) is 0 Å². The zero-order valence-corrected chi connectivity index (χ0v) is 16.1. The fourth-order valence-corrected chi connectivity index (χ4v) is 3.50. The quantitative estimate of drug-likeness (QED) is 0.647. The summed E-state index contributed by atoms with van der Waals surface area (Å²) in [7, 11) is 3.14. The number of carboxylic acids is 1. The number of aromatic nitrogens is 2. The Morgan fingerprint density at radius 1 is 1.46 bits per heavy atom. The van der Waals surface area contributed by atoms with Crippen LogP contribution >= 0.6 is 11.3 Å². The number of hydrogen-bond acceptors (Lipinski definition) is 6. The third-order valence-corrected chi connectivity index (χ3v) is 5.17. The summed E-state index contributed by atoms with van der Waals surface area (Å²) in [5, 5.41) is 19.4. The van der Waals surface area contributed by atoms with E-state index < -0.39 is 29.4 Å². The number of rotatable bonds is 7. The topological polar surface area (TPSA) is 123 Å². The van der Waals surface area contributed by atoms with Crippen LogP contribution in [0.3, 0.4) is 0 Å². The SMILES string of the molecule is COCC(C)(NC(=O)C(C)NC(=O)c1cc2c(C)nn(C)c2s1)C(=O)O. The molecule has 142 valence electrons. The van der Waals surface area contributed by atoms with Gasteiger partial charge in [-0.3, -0.25) is 14.3 Å². The Bertz CT molecular complexity index is 824. The van der Waals surface area contributed by atoms with E-state index in [-0.39, 0.29) is 6.61 Å². The van der Waals surface area contributed by atoms with E-state index in [4.69, 9.17) is 4.74 Å². The third kappa shape index (κ3) is 3.86. The van der Waals surface area contributed by atoms with Crippen LogP contribution in [0.25, 0.3) is 10.2 Å². The van der Waals surface area contributed by atoms with Gasteiger partial charge in [0.15, 0.2) is 5.54 Å². The minimum atomic E-state index is -1.58. The lowest BCUT2D eigenvalue weighted by Crippen LogP contribution is -2.59. The van der Waals surface area contributed by atoms with Gasteiger partial charge in [-0.2, -0.15) is 5.10 Å². The highest BCUT2D eigenvalue weighted by Gasteiger charge is 2.36. The van der Waals surface area contributed by atoms with Gasteiger partial charge in [0, 0.05) is 19.5 Å². The number of carbonyl (C=O) groups excluding carboxylic acids is 2. The highest BCUT2D eigenvalue weighted by molar-refractivity contribution is 7.20. The molecule has 2 heterocycles. The number of thiophene rings is 1. The molecule has 3 N–H and O–H groups in total. The van der Waals surface area contributed by atoms with Gasteiger partial charge in [0.05, 0.1) is 17.2 Å². The molecular weight excluding hydrogens is 360 g/mol. The summed E-state index contributed by atoms with van der Waals surface area (Å²) in [6, 6.07) is 0.816. The smallest absolute Gasteiger partial charge is 0.331 e. The number of hydrogen-bond donors (Lipinski definition) is 3. The molecule has 2 atom stereocenters. The van der Waals surface area contributed by atoms with Crippen molar-refractivity contribution in [2.45, 2.75) is 32.4 Å². The van der Waals surface area contributed by atoms with Crippen molar-refractivity contribution in [2.75, 3.05) is 13.7 Å². The van der Waals surface area contributed by atoms with E-state index in [9.17, 15) is 19.5 Å². The summed E-state index contributed by atoms with van der Waals surface area (Å²) in [4.78, 5) is 37.4. The molecule has 0 spiro atoms. The van der Waals surface area contributed by atoms with E-state index in [1.165, 1.54) is 32.3 Å². The molecule has 0 fully saturated rings. The Kier molecular flexibility index (Phi) is 5.67. The van der Waals surface area contributed by atoms with Crippen molar-refractivity contribution >= 4 is 39.3 Å². The van der Waals surface area contributed by atoms with Crippen LogP contribution in [0.1, 0.15) is 29.2 Å². The first-order chi connectivity index (χ1) is 12.1. The molecule has 0 aromatic carbocycles. The predicted octanol–water partition coefficient (Wildman–Crippen LogP) is 0.667. The Labute approximate surface area is 154 Å². The molecule has 9 nitrogen and oxygen atoms in total. The first kappa shape index (κ1) is 19.9. The summed E-state index contributed by atoms with van der Waals surface area (Å²) in [5.74, 6) is -2.24. The van der Waals surface area contributed by atoms with E-state index in [1.807, 2.05) is 6.92 Å². The molecule has 2 aromatic heterocycles. The minimum absolute atomic E-state index is 0.197. The number of methoxy groups -OCH3 is 1. The monoisotopic (exact) mass is 382 g/mol. The number of aliphatic carboxylic acids is 1. The maximum atomic E-state index is 12.4. The van der Waals surface area contributed by atoms with Crippen molar-refractivity contribution in [3.05, 3.63) is 16.6 Å². The number of aryl methyl sites for hydroxylation is 2. The molecule has 2 rings (SSSR count). The predicted molar refractivity (Wildman–Crippen MR) is 96.3 cm³/mol. The molecule has 0 saturated heterocycles. The Morgan fingerprint density at radius 3 is 2.65 bits per heavy atom. The lowest BCUT2D eigenvalue weighted by Gasteiger charge is -2.27. The van der Waals surface area contributed by atoms with E-state index in [0.717, 1.165) is 15.9 Å². The zero-order valence-electron chi connectivity index (χ0n) is 15.2. The van der Waals surface area contributed by atoms with Gasteiger partial charge in [-0.05, 0) is 26.8 Å². The van der Waals surface area contributed by atoms with E-state index >= 15 is 0 Å². The molecule has 2 aromatic rings. The lowest BCUT2D eigenvalue weighted by atomic mass is 10.0. The van der Waals surface area contributed by atoms with Gasteiger partial charge in [0.25, 0.3) is 5.91 Å². The van der Waals surface area contributed by atoms with Gasteiger partial charge >= 0.3 is 5.97 Å². The summed E-state index contributed by atoms with van der Waals surface area (Å²) in [5.41, 5.74) is -0.758. The maximum absolute atomic E-state index is 12.4. The fourth-order valence-electron chi connectivity index (χ4n) is 2.47. The number of amides is 2. The highest BCUT2D eigenvalue weighted by atomic mass is 32.1. The molecule has 0 aliphatic carbocycles. The normalized spacial score (nSPS) is 14.7. The Hall–Kier alpha value is -2.46. The number of ether oxygens (including phenoxy) is 1. The first-order valence-electron chi connectivity index (χ1n) is 7.87. The van der Waals surface area contributed by atoms with Gasteiger partial charge in [0.1, 0.15) is 10.9 Å². The van der Waals surface area contributed by atoms with Crippen LogP contribution in [0.15, 0.2) is 6.07 Å². The molecule has 26 heavy (non-hydrogen) atoms. The van der Waals surface area contributed by atoms with Gasteiger partial charge in [-0.15, -0.1) is 11.3 Å². The van der Waals surface area contributed by atoms with E-state index in [1.54, 1.807) is 17.8 Å². The number of carboxylic acid groups (broad SMARTS) is 1. The number of nitrogens with zero attached hydrogens (tertiary/aromatic N) is 2. The zero-order chi connectivity index (χ0) is 19.6. The third-order valence-electron chi connectivity index (χ3n) is 3.96. The van der Waals surface area contributed by atoms with Crippen molar-refractivity contribution in [3.63, 3.8) is 0 Å². The van der Waals surface area contributed by atoms with Crippen LogP contribution in [0.4, 0.5) is 0 Å². The summed E-state index contributed by atoms with van der Waals surface area (Å²) < 4.78 is 6.56. The average molecular weight is 382 g/mol. The summed E-state index contributed by atoms with van der Waals surface area (Å²) >= 11 is 1.28. The molecule has 0 saturated carbocycles. The van der Waals surface area contributed by atoms with Crippen molar-refractivity contribution in [1.29, 1.82) is 0 Å². The van der Waals surface area contributed by atoms with Crippen molar-refractivity contribution < 1.29 is 24.2 Å². The van der Waals surface area contributed by atoms with Crippen LogP contribution in [0.2, 0.25) is 0 Å². The second-order valence-electron chi connectivity index (χ2n) is 6.29. The maximum Gasteiger partial charge on any atom is 0.331 e. The number of nitrogens with one attached hydrogen (secondary N) is 2. The Morgan fingerprint density at radius 2 is 2.12 bits per heavy atom. The second kappa shape index (κ2) is 7.42. The molecule has 0 radical (unpaired) electrons. The van der Waals surface area contributed by atoms with Crippen molar-refractivity contribution in [1.82, 2.24) is 20.4 Å². The largest absolute Gasteiger partial charge is 0.479 e. The van der Waals surface area contributed by atoms with Gasteiger partial charge in [0.2, 0.25) is 5.91 Å². The van der Waals surface area contributed by atoms with Crippen LogP contribution in [-0.4, -0.2) is 58.0 Å². The fraction of sp³-hybridized carbons (Fsp3) is 0.500. The van der Waals surface area contributed by atoms with Crippen molar-refractivity contribution in [3.8, 4) is 0 Å². The number of fused-ring (bicyclic) bond motifs is 1. The molecule has 2 amide bonds. The number of carbonyl (C=O) groups is 3. The van der Waals surface area contributed by atoms with Gasteiger partial charge in [-0.25, -0.2) is 4.79 Å². The molecule has 10 heteroatoms. The molecular formula is C16H22N4O5S. The lowest BCUT2D eigenvalue weighted by molar-refractivity contribution is -0.149. The Balaban J connectivity index is 2.08. The average Bonchev–Trinajstić information content (AvgIpc) is 3.09. The van der Waals surface area contributed by atoms with Gasteiger partial charge < -0.3 is 20.5 Å².